The van der Waals surface area contributed by atoms with E-state index < -0.39 is 10.0 Å². The Bertz CT molecular complexity index is 1560. The molecule has 1 aliphatic carbocycles. The van der Waals surface area contributed by atoms with Crippen molar-refractivity contribution in [2.24, 2.45) is 5.92 Å². The molecule has 0 spiro atoms. The Balaban J connectivity index is 1.20. The average Bonchev–Trinajstić information content (AvgIpc) is 3.33. The smallest absolute Gasteiger partial charge is 0.240 e. The molecule has 3 aromatic carbocycles. The summed E-state index contributed by atoms with van der Waals surface area (Å²) >= 11 is 6.32. The molecule has 5 rings (SSSR count). The maximum atomic E-state index is 13.2. The van der Waals surface area contributed by atoms with Crippen LogP contribution in [0.15, 0.2) is 77.7 Å². The van der Waals surface area contributed by atoms with Gasteiger partial charge < -0.3 is 10.3 Å². The Morgan fingerprint density at radius 3 is 2.42 bits per heavy atom. The molecule has 6 nitrogen and oxygen atoms in total. The molecular formula is C29H29ClFN3O3S. The minimum Gasteiger partial charge on any atom is -0.354 e. The van der Waals surface area contributed by atoms with Crippen molar-refractivity contribution >= 4 is 38.4 Å². The van der Waals surface area contributed by atoms with Gasteiger partial charge in [0.2, 0.25) is 15.9 Å². The summed E-state index contributed by atoms with van der Waals surface area (Å²) in [6, 6.07) is 20.0. The number of H-pyrrole nitrogens is 1. The average molecular weight is 554 g/mol. The molecule has 0 saturated heterocycles. The predicted octanol–water partition coefficient (Wildman–Crippen LogP) is 6.34. The largest absolute Gasteiger partial charge is 0.354 e. The van der Waals surface area contributed by atoms with Crippen LogP contribution in [0.4, 0.5) is 4.39 Å². The summed E-state index contributed by atoms with van der Waals surface area (Å²) in [7, 11) is -3.74. The zero-order chi connectivity index (χ0) is 26.9. The molecule has 1 aromatic heterocycles. The van der Waals surface area contributed by atoms with E-state index in [1.54, 1.807) is 30.3 Å². The van der Waals surface area contributed by atoms with Gasteiger partial charge in [-0.3, -0.25) is 4.79 Å². The lowest BCUT2D eigenvalue weighted by molar-refractivity contribution is -0.126. The molecule has 0 aliphatic heterocycles. The highest BCUT2D eigenvalue weighted by Gasteiger charge is 2.30. The number of benzene rings is 3. The van der Waals surface area contributed by atoms with Crippen molar-refractivity contribution in [3.05, 3.63) is 89.2 Å². The highest BCUT2D eigenvalue weighted by Crippen LogP contribution is 2.31. The summed E-state index contributed by atoms with van der Waals surface area (Å²) in [5.74, 6) is -0.561. The van der Waals surface area contributed by atoms with Gasteiger partial charge in [-0.05, 0) is 74.6 Å². The molecule has 1 fully saturated rings. The molecule has 4 aromatic rings. The molecule has 1 amide bonds. The van der Waals surface area contributed by atoms with E-state index in [9.17, 15) is 17.6 Å². The van der Waals surface area contributed by atoms with Crippen LogP contribution in [0.3, 0.4) is 0 Å². The second-order valence-electron chi connectivity index (χ2n) is 9.86. The van der Waals surface area contributed by atoms with Crippen LogP contribution in [0.5, 0.6) is 0 Å². The van der Waals surface area contributed by atoms with E-state index in [2.05, 4.69) is 15.0 Å². The summed E-state index contributed by atoms with van der Waals surface area (Å²) in [4.78, 5) is 16.2. The molecule has 1 aliphatic rings. The number of aromatic nitrogens is 1. The minimum absolute atomic E-state index is 0.0605. The molecule has 0 radical (unpaired) electrons. The van der Waals surface area contributed by atoms with Crippen LogP contribution >= 0.6 is 11.6 Å². The van der Waals surface area contributed by atoms with Gasteiger partial charge in [0.25, 0.3) is 0 Å². The Morgan fingerprint density at radius 2 is 1.71 bits per heavy atom. The fraction of sp³-hybridized carbons (Fsp3) is 0.276. The zero-order valence-corrected chi connectivity index (χ0v) is 22.5. The van der Waals surface area contributed by atoms with Crippen molar-refractivity contribution in [1.82, 2.24) is 15.0 Å². The monoisotopic (exact) mass is 553 g/mol. The molecular weight excluding hydrogens is 525 g/mol. The van der Waals surface area contributed by atoms with Crippen molar-refractivity contribution in [3.63, 3.8) is 0 Å². The summed E-state index contributed by atoms with van der Waals surface area (Å²) in [6.07, 6.45) is 2.32. The lowest BCUT2D eigenvalue weighted by Gasteiger charge is -2.29. The number of carbonyl (C=O) groups excluding carboxylic acids is 1. The minimum atomic E-state index is -3.74. The maximum absolute atomic E-state index is 13.2. The van der Waals surface area contributed by atoms with Gasteiger partial charge in [0.15, 0.2) is 0 Å². The number of nitrogens with one attached hydrogen (secondary N) is 3. The summed E-state index contributed by atoms with van der Waals surface area (Å²) in [5, 5.41) is 4.50. The number of sulfonamides is 1. The Labute approximate surface area is 226 Å². The standard InChI is InChI=1S/C29H29ClFN3O3S/c1-18(19-6-11-22(31)12-7-19)32-29(35)20-8-13-23(14-9-20)34-38(36,37)24-15-10-21-16-28(33-27(21)17-24)25-4-2-3-5-26(25)30/h2-7,10-12,15-18,20,23,33-34H,8-9,13-14H2,1H3,(H,32,35)/t18-,20-,23-/m1/s1. The molecule has 0 unspecified atom stereocenters. The van der Waals surface area contributed by atoms with Crippen molar-refractivity contribution < 1.29 is 17.6 Å². The first-order valence-electron chi connectivity index (χ1n) is 12.7. The third-order valence-electron chi connectivity index (χ3n) is 7.22. The van der Waals surface area contributed by atoms with Gasteiger partial charge >= 0.3 is 0 Å². The summed E-state index contributed by atoms with van der Waals surface area (Å²) < 4.78 is 42.3. The zero-order valence-electron chi connectivity index (χ0n) is 20.9. The lowest BCUT2D eigenvalue weighted by atomic mass is 9.85. The fourth-order valence-electron chi connectivity index (χ4n) is 5.02. The number of fused-ring (bicyclic) bond motifs is 1. The van der Waals surface area contributed by atoms with Gasteiger partial charge in [-0.15, -0.1) is 0 Å². The Kier molecular flexibility index (Phi) is 7.56. The van der Waals surface area contributed by atoms with E-state index >= 15 is 0 Å². The highest BCUT2D eigenvalue weighted by molar-refractivity contribution is 7.89. The van der Waals surface area contributed by atoms with Crippen LogP contribution in [0.1, 0.15) is 44.2 Å². The van der Waals surface area contributed by atoms with Gasteiger partial charge in [-0.2, -0.15) is 0 Å². The number of hydrogen-bond acceptors (Lipinski definition) is 3. The number of halogens is 2. The quantitative estimate of drug-likeness (QED) is 0.249. The van der Waals surface area contributed by atoms with Crippen molar-refractivity contribution in [2.75, 3.05) is 0 Å². The summed E-state index contributed by atoms with van der Waals surface area (Å²) in [5.41, 5.74) is 3.21. The predicted molar refractivity (Wildman–Crippen MR) is 148 cm³/mol. The first-order valence-corrected chi connectivity index (χ1v) is 14.5. The van der Waals surface area contributed by atoms with Crippen LogP contribution < -0.4 is 10.0 Å². The second-order valence-corrected chi connectivity index (χ2v) is 12.0. The number of amides is 1. The number of aromatic amines is 1. The van der Waals surface area contributed by atoms with E-state index in [1.807, 2.05) is 37.3 Å². The van der Waals surface area contributed by atoms with Crippen molar-refractivity contribution in [2.45, 2.75) is 49.6 Å². The van der Waals surface area contributed by atoms with Gasteiger partial charge in [0.05, 0.1) is 10.9 Å². The molecule has 38 heavy (non-hydrogen) atoms. The number of hydrogen-bond donors (Lipinski definition) is 3. The van der Waals surface area contributed by atoms with Crippen LogP contribution in [0.25, 0.3) is 22.2 Å². The highest BCUT2D eigenvalue weighted by atomic mass is 35.5. The number of carbonyl (C=O) groups is 1. The first-order chi connectivity index (χ1) is 18.2. The normalized spacial score (nSPS) is 18.8. The van der Waals surface area contributed by atoms with Gasteiger partial charge in [-0.25, -0.2) is 17.5 Å². The van der Waals surface area contributed by atoms with Gasteiger partial charge in [-0.1, -0.05) is 48.0 Å². The van der Waals surface area contributed by atoms with Crippen LogP contribution in [0.2, 0.25) is 5.02 Å². The summed E-state index contributed by atoms with van der Waals surface area (Å²) in [6.45, 7) is 1.86. The Hall–Kier alpha value is -3.20. The van der Waals surface area contributed by atoms with Crippen molar-refractivity contribution in [3.8, 4) is 11.3 Å². The molecule has 9 heteroatoms. The lowest BCUT2D eigenvalue weighted by Crippen LogP contribution is -2.41. The van der Waals surface area contributed by atoms with Crippen LogP contribution in [-0.4, -0.2) is 25.4 Å². The van der Waals surface area contributed by atoms with Gasteiger partial charge in [0.1, 0.15) is 5.82 Å². The molecule has 0 bridgehead atoms. The molecule has 3 N–H and O–H groups in total. The van der Waals surface area contributed by atoms with Gasteiger partial charge in [0, 0.05) is 39.1 Å². The second kappa shape index (κ2) is 10.9. The molecule has 198 valence electrons. The van der Waals surface area contributed by atoms with Crippen LogP contribution in [0, 0.1) is 11.7 Å². The van der Waals surface area contributed by atoms with Crippen molar-refractivity contribution in [1.29, 1.82) is 0 Å². The number of rotatable bonds is 7. The molecule has 1 atom stereocenters. The van der Waals surface area contributed by atoms with E-state index in [4.69, 9.17) is 11.6 Å². The third-order valence-corrected chi connectivity index (χ3v) is 9.06. The van der Waals surface area contributed by atoms with E-state index in [-0.39, 0.29) is 34.6 Å². The fourth-order valence-corrected chi connectivity index (χ4v) is 6.59. The first kappa shape index (κ1) is 26.4. The molecule has 1 saturated carbocycles. The van der Waals surface area contributed by atoms with E-state index in [1.165, 1.54) is 12.1 Å². The Morgan fingerprint density at radius 1 is 1.00 bits per heavy atom. The third kappa shape index (κ3) is 5.77. The van der Waals surface area contributed by atoms with E-state index in [0.29, 0.717) is 36.2 Å². The SMILES string of the molecule is C[C@@H](NC(=O)[C@H]1CC[C@H](NS(=O)(=O)c2ccc3cc(-c4ccccc4Cl)[nH]c3c2)CC1)c1ccc(F)cc1. The maximum Gasteiger partial charge on any atom is 0.240 e. The van der Waals surface area contributed by atoms with Crippen LogP contribution in [-0.2, 0) is 14.8 Å². The van der Waals surface area contributed by atoms with E-state index in [0.717, 1.165) is 22.2 Å². The molecule has 1 heterocycles. The topological polar surface area (TPSA) is 91.1 Å².